The summed E-state index contributed by atoms with van der Waals surface area (Å²) in [6.45, 7) is 9.72. The van der Waals surface area contributed by atoms with Crippen molar-refractivity contribution in [3.63, 3.8) is 0 Å². The molecule has 0 spiro atoms. The first-order valence-electron chi connectivity index (χ1n) is 6.29. The molecule has 1 aliphatic carbocycles. The Hall–Kier alpha value is -1.12. The molecule has 0 atom stereocenters. The number of alkyl halides is 1. The lowest BCUT2D eigenvalue weighted by atomic mass is 9.85. The summed E-state index contributed by atoms with van der Waals surface area (Å²) in [5, 5.41) is 4.44. The maximum Gasteiger partial charge on any atom is 0.108 e. The van der Waals surface area contributed by atoms with Gasteiger partial charge < -0.3 is 0 Å². The summed E-state index contributed by atoms with van der Waals surface area (Å²) in [6, 6.07) is 0.354. The lowest BCUT2D eigenvalue weighted by molar-refractivity contribution is 0.102. The molecule has 0 bridgehead atoms. The van der Waals surface area contributed by atoms with E-state index < -0.39 is 5.67 Å². The summed E-state index contributed by atoms with van der Waals surface area (Å²) in [4.78, 5) is 0. The molecule has 0 aromatic carbocycles. The number of halogens is 1. The predicted molar refractivity (Wildman–Crippen MR) is 68.7 cm³/mol. The Morgan fingerprint density at radius 1 is 1.53 bits per heavy atom. The molecule has 0 aliphatic heterocycles. The average molecular weight is 236 g/mol. The standard InChI is InChI=1S/C14H21FN2/c1-10(2)13-9-16-17(11(13)3)12-5-7-14(4,15)8-6-12/h9,12H,1,5-8H2,2-4H3. The average Bonchev–Trinajstić information content (AvgIpc) is 2.60. The molecule has 0 saturated heterocycles. The number of aromatic nitrogens is 2. The highest BCUT2D eigenvalue weighted by molar-refractivity contribution is 5.62. The summed E-state index contributed by atoms with van der Waals surface area (Å²) >= 11 is 0. The van der Waals surface area contributed by atoms with E-state index in [-0.39, 0.29) is 0 Å². The Bertz CT molecular complexity index is 421. The van der Waals surface area contributed by atoms with Gasteiger partial charge in [-0.3, -0.25) is 4.68 Å². The normalized spacial score (nSPS) is 29.3. The monoisotopic (exact) mass is 236 g/mol. The zero-order valence-corrected chi connectivity index (χ0v) is 11.0. The van der Waals surface area contributed by atoms with Crippen LogP contribution < -0.4 is 0 Å². The van der Waals surface area contributed by atoms with Crippen molar-refractivity contribution in [2.45, 2.75) is 58.2 Å². The van der Waals surface area contributed by atoms with Crippen molar-refractivity contribution in [3.05, 3.63) is 24.0 Å². The molecule has 1 aromatic rings. The van der Waals surface area contributed by atoms with Crippen molar-refractivity contribution in [2.24, 2.45) is 0 Å². The molecule has 1 heterocycles. The summed E-state index contributed by atoms with van der Waals surface area (Å²) in [7, 11) is 0. The highest BCUT2D eigenvalue weighted by Gasteiger charge is 2.32. The van der Waals surface area contributed by atoms with Gasteiger partial charge in [0.1, 0.15) is 5.67 Å². The van der Waals surface area contributed by atoms with Gasteiger partial charge in [-0.15, -0.1) is 0 Å². The predicted octanol–water partition coefficient (Wildman–Crippen LogP) is 4.07. The Labute approximate surface area is 103 Å². The molecule has 94 valence electrons. The van der Waals surface area contributed by atoms with E-state index in [9.17, 15) is 4.39 Å². The van der Waals surface area contributed by atoms with Gasteiger partial charge in [-0.2, -0.15) is 5.10 Å². The zero-order valence-electron chi connectivity index (χ0n) is 11.0. The fourth-order valence-corrected chi connectivity index (χ4v) is 2.66. The number of rotatable bonds is 2. The van der Waals surface area contributed by atoms with Crippen molar-refractivity contribution in [2.75, 3.05) is 0 Å². The third kappa shape index (κ3) is 2.43. The molecule has 0 radical (unpaired) electrons. The van der Waals surface area contributed by atoms with Gasteiger partial charge in [0.05, 0.1) is 12.2 Å². The van der Waals surface area contributed by atoms with E-state index in [4.69, 9.17) is 0 Å². The van der Waals surface area contributed by atoms with E-state index in [1.54, 1.807) is 6.92 Å². The third-order valence-electron chi connectivity index (χ3n) is 3.85. The number of hydrogen-bond acceptors (Lipinski definition) is 1. The first-order chi connectivity index (χ1) is 7.91. The molecular weight excluding hydrogens is 215 g/mol. The molecule has 2 rings (SSSR count). The van der Waals surface area contributed by atoms with Crippen LogP contribution in [0.1, 0.15) is 56.8 Å². The molecule has 1 aromatic heterocycles. The van der Waals surface area contributed by atoms with E-state index in [1.165, 1.54) is 0 Å². The van der Waals surface area contributed by atoms with Gasteiger partial charge >= 0.3 is 0 Å². The van der Waals surface area contributed by atoms with Gasteiger partial charge in [-0.1, -0.05) is 6.58 Å². The summed E-state index contributed by atoms with van der Waals surface area (Å²) in [6.07, 6.45) is 4.91. The largest absolute Gasteiger partial charge is 0.266 e. The zero-order chi connectivity index (χ0) is 12.6. The Morgan fingerprint density at radius 3 is 2.59 bits per heavy atom. The van der Waals surface area contributed by atoms with E-state index >= 15 is 0 Å². The number of hydrogen-bond donors (Lipinski definition) is 0. The van der Waals surface area contributed by atoms with Crippen LogP contribution in [-0.2, 0) is 0 Å². The van der Waals surface area contributed by atoms with Gasteiger partial charge in [-0.05, 0) is 52.0 Å². The smallest absolute Gasteiger partial charge is 0.108 e. The lowest BCUT2D eigenvalue weighted by Gasteiger charge is -2.31. The van der Waals surface area contributed by atoms with E-state index in [0.717, 1.165) is 29.7 Å². The van der Waals surface area contributed by atoms with Crippen LogP contribution >= 0.6 is 0 Å². The first-order valence-corrected chi connectivity index (χ1v) is 6.29. The van der Waals surface area contributed by atoms with Gasteiger partial charge in [-0.25, -0.2) is 4.39 Å². The minimum Gasteiger partial charge on any atom is -0.266 e. The van der Waals surface area contributed by atoms with Crippen LogP contribution in [0.25, 0.3) is 5.57 Å². The minimum absolute atomic E-state index is 0.354. The second kappa shape index (κ2) is 4.28. The molecular formula is C14H21FN2. The van der Waals surface area contributed by atoms with Gasteiger partial charge in [0.2, 0.25) is 0 Å². The minimum atomic E-state index is -0.977. The van der Waals surface area contributed by atoms with Crippen LogP contribution in [0.2, 0.25) is 0 Å². The van der Waals surface area contributed by atoms with Crippen LogP contribution in [-0.4, -0.2) is 15.4 Å². The van der Waals surface area contributed by atoms with Crippen molar-refractivity contribution in [1.82, 2.24) is 9.78 Å². The molecule has 0 unspecified atom stereocenters. The maximum atomic E-state index is 13.8. The van der Waals surface area contributed by atoms with Crippen molar-refractivity contribution >= 4 is 5.57 Å². The van der Waals surface area contributed by atoms with Crippen LogP contribution in [0.3, 0.4) is 0 Å². The van der Waals surface area contributed by atoms with E-state index in [1.807, 2.05) is 13.1 Å². The molecule has 1 saturated carbocycles. The molecule has 1 fully saturated rings. The Kier molecular flexibility index (Phi) is 3.11. The van der Waals surface area contributed by atoms with Gasteiger partial charge in [0.15, 0.2) is 0 Å². The topological polar surface area (TPSA) is 17.8 Å². The quantitative estimate of drug-likeness (QED) is 0.757. The molecule has 17 heavy (non-hydrogen) atoms. The summed E-state index contributed by atoms with van der Waals surface area (Å²) < 4.78 is 15.8. The molecule has 3 heteroatoms. The fraction of sp³-hybridized carbons (Fsp3) is 0.643. The fourth-order valence-electron chi connectivity index (χ4n) is 2.66. The highest BCUT2D eigenvalue weighted by Crippen LogP contribution is 2.37. The van der Waals surface area contributed by atoms with Gasteiger partial charge in [0.25, 0.3) is 0 Å². The highest BCUT2D eigenvalue weighted by atomic mass is 19.1. The summed E-state index contributed by atoms with van der Waals surface area (Å²) in [5.41, 5.74) is 2.35. The van der Waals surface area contributed by atoms with E-state index in [2.05, 4.69) is 23.3 Å². The maximum absolute atomic E-state index is 13.8. The third-order valence-corrected chi connectivity index (χ3v) is 3.85. The Balaban J connectivity index is 2.17. The molecule has 1 aliphatic rings. The lowest BCUT2D eigenvalue weighted by Crippen LogP contribution is -2.28. The Morgan fingerprint density at radius 2 is 2.12 bits per heavy atom. The molecule has 0 amide bonds. The summed E-state index contributed by atoms with van der Waals surface area (Å²) in [5.74, 6) is 0. The van der Waals surface area contributed by atoms with Crippen LogP contribution in [0, 0.1) is 6.92 Å². The van der Waals surface area contributed by atoms with Crippen molar-refractivity contribution in [1.29, 1.82) is 0 Å². The van der Waals surface area contributed by atoms with Crippen LogP contribution in [0.5, 0.6) is 0 Å². The molecule has 0 N–H and O–H groups in total. The molecule has 2 nitrogen and oxygen atoms in total. The van der Waals surface area contributed by atoms with Gasteiger partial charge in [0, 0.05) is 11.3 Å². The first kappa shape index (κ1) is 12.3. The second-order valence-corrected chi connectivity index (χ2v) is 5.51. The number of allylic oxidation sites excluding steroid dienone is 1. The van der Waals surface area contributed by atoms with Crippen LogP contribution in [0.4, 0.5) is 4.39 Å². The second-order valence-electron chi connectivity index (χ2n) is 5.51. The number of nitrogens with zero attached hydrogens (tertiary/aromatic N) is 2. The van der Waals surface area contributed by atoms with Crippen molar-refractivity contribution < 1.29 is 4.39 Å². The van der Waals surface area contributed by atoms with Crippen molar-refractivity contribution in [3.8, 4) is 0 Å². The SMILES string of the molecule is C=C(C)c1cnn(C2CCC(C)(F)CC2)c1C. The van der Waals surface area contributed by atoms with Crippen LogP contribution in [0.15, 0.2) is 12.8 Å². The van der Waals surface area contributed by atoms with E-state index in [0.29, 0.717) is 18.9 Å².